The van der Waals surface area contributed by atoms with Crippen molar-refractivity contribution in [3.8, 4) is 0 Å². The van der Waals surface area contributed by atoms with Gasteiger partial charge < -0.3 is 26.2 Å². The van der Waals surface area contributed by atoms with E-state index in [1.165, 1.54) is 11.0 Å². The molecule has 2 unspecified atom stereocenters. The lowest BCUT2D eigenvalue weighted by atomic mass is 9.83. The average Bonchev–Trinajstić information content (AvgIpc) is 3.88. The Hall–Kier alpha value is -2.96. The maximum Gasteiger partial charge on any atom is 0.315 e. The number of fused-ring (bicyclic) bond motifs is 1. The molecule has 0 radical (unpaired) electrons. The molecule has 0 aromatic rings. The maximum atomic E-state index is 14.5. The molecule has 0 spiro atoms. The molecular weight excluding hydrogens is 659 g/mol. The first-order valence-corrected chi connectivity index (χ1v) is 20.1. The Bertz CT molecular complexity index is 1460. The van der Waals surface area contributed by atoms with E-state index in [0.717, 1.165) is 32.1 Å². The van der Waals surface area contributed by atoms with Crippen molar-refractivity contribution >= 4 is 39.4 Å². The van der Waals surface area contributed by atoms with Gasteiger partial charge in [0.25, 0.3) is 5.91 Å². The molecule has 12 nitrogen and oxygen atoms in total. The summed E-state index contributed by atoms with van der Waals surface area (Å²) in [6.45, 7) is 18.9. The van der Waals surface area contributed by atoms with Crippen molar-refractivity contribution in [3.05, 3.63) is 12.7 Å². The van der Waals surface area contributed by atoms with Crippen LogP contribution in [0.4, 0.5) is 4.79 Å². The minimum Gasteiger partial charge on any atom is -0.346 e. The van der Waals surface area contributed by atoms with E-state index in [4.69, 9.17) is 0 Å². The fourth-order valence-electron chi connectivity index (χ4n) is 7.93. The summed E-state index contributed by atoms with van der Waals surface area (Å²) in [5, 5.41) is 11.3. The van der Waals surface area contributed by atoms with Crippen molar-refractivity contribution in [2.75, 3.05) is 18.8 Å². The standard InChI is InChI=1S/C37H61N5O7S/c1-10-19-38-31(45)28(43)25(20-23-15-16-23)39-30(44)27-26-24(36(26,8)9)21-42(27)32(46)29(34(3,4)5)40-33(47)41-37(17-13-12-14-18-37)22-50(48,49)35(6,7)11-2/h10,23-27,29H,1,11-22H2,2-9H3,(H,38,45)(H,39,44)(H2,40,41,47)/t24?,25?,26-,27-,29+/m0/s1. The second-order valence-corrected chi connectivity index (χ2v) is 20.2. The number of ketones is 1. The van der Waals surface area contributed by atoms with Gasteiger partial charge in [0.05, 0.1) is 22.1 Å². The molecule has 4 N–H and O–H groups in total. The Morgan fingerprint density at radius 2 is 1.60 bits per heavy atom. The van der Waals surface area contributed by atoms with Crippen LogP contribution in [0.15, 0.2) is 12.7 Å². The lowest BCUT2D eigenvalue weighted by Gasteiger charge is -2.41. The molecule has 1 saturated heterocycles. The van der Waals surface area contributed by atoms with Gasteiger partial charge in [-0.2, -0.15) is 0 Å². The zero-order valence-electron chi connectivity index (χ0n) is 31.4. The molecule has 4 fully saturated rings. The Kier molecular flexibility index (Phi) is 11.6. The number of hydrogen-bond donors (Lipinski definition) is 4. The third-order valence-corrected chi connectivity index (χ3v) is 14.9. The smallest absolute Gasteiger partial charge is 0.315 e. The van der Waals surface area contributed by atoms with Gasteiger partial charge in [0.1, 0.15) is 12.1 Å². The molecule has 282 valence electrons. The molecule has 0 aromatic heterocycles. The molecule has 4 rings (SSSR count). The summed E-state index contributed by atoms with van der Waals surface area (Å²) in [7, 11) is -3.57. The maximum absolute atomic E-state index is 14.5. The molecule has 3 aliphatic carbocycles. The van der Waals surface area contributed by atoms with Crippen LogP contribution in [-0.4, -0.2) is 90.1 Å². The molecular formula is C37H61N5O7S. The lowest BCUT2D eigenvalue weighted by molar-refractivity contribution is -0.145. The van der Waals surface area contributed by atoms with Gasteiger partial charge in [0, 0.05) is 13.1 Å². The van der Waals surface area contributed by atoms with E-state index in [-0.39, 0.29) is 35.5 Å². The molecule has 5 atom stereocenters. The van der Waals surface area contributed by atoms with Crippen LogP contribution >= 0.6 is 0 Å². The summed E-state index contributed by atoms with van der Waals surface area (Å²) in [5.41, 5.74) is -1.92. The van der Waals surface area contributed by atoms with Gasteiger partial charge in [-0.15, -0.1) is 6.58 Å². The molecule has 1 aliphatic heterocycles. The van der Waals surface area contributed by atoms with Crippen molar-refractivity contribution in [1.29, 1.82) is 0 Å². The van der Waals surface area contributed by atoms with Crippen LogP contribution in [-0.2, 0) is 29.0 Å². The Balaban J connectivity index is 1.55. The van der Waals surface area contributed by atoms with Gasteiger partial charge in [-0.1, -0.05) is 79.7 Å². The highest BCUT2D eigenvalue weighted by atomic mass is 32.2. The third-order valence-electron chi connectivity index (χ3n) is 12.0. The number of carbonyl (C=O) groups excluding carboxylic acids is 5. The number of urea groups is 1. The number of nitrogens with one attached hydrogen (secondary N) is 4. The van der Waals surface area contributed by atoms with E-state index in [2.05, 4.69) is 41.7 Å². The molecule has 13 heteroatoms. The lowest BCUT2D eigenvalue weighted by Crippen LogP contribution is -2.64. The highest BCUT2D eigenvalue weighted by molar-refractivity contribution is 7.92. The quantitative estimate of drug-likeness (QED) is 0.148. The number of hydrogen-bond acceptors (Lipinski definition) is 7. The van der Waals surface area contributed by atoms with Crippen molar-refractivity contribution in [3.63, 3.8) is 0 Å². The Morgan fingerprint density at radius 1 is 0.980 bits per heavy atom. The molecule has 5 amide bonds. The predicted molar refractivity (Wildman–Crippen MR) is 193 cm³/mol. The molecule has 1 heterocycles. The zero-order valence-corrected chi connectivity index (χ0v) is 32.3. The summed E-state index contributed by atoms with van der Waals surface area (Å²) >= 11 is 0. The van der Waals surface area contributed by atoms with Gasteiger partial charge in [-0.3, -0.25) is 19.2 Å². The van der Waals surface area contributed by atoms with Crippen molar-refractivity contribution in [2.24, 2.45) is 28.6 Å². The largest absolute Gasteiger partial charge is 0.346 e. The number of piperidine rings is 1. The number of rotatable bonds is 15. The first-order valence-electron chi connectivity index (χ1n) is 18.5. The number of likely N-dealkylation sites (tertiary alicyclic amines) is 1. The van der Waals surface area contributed by atoms with Crippen LogP contribution in [0.25, 0.3) is 0 Å². The van der Waals surface area contributed by atoms with Gasteiger partial charge in [0.15, 0.2) is 9.84 Å². The van der Waals surface area contributed by atoms with Gasteiger partial charge in [0.2, 0.25) is 17.6 Å². The van der Waals surface area contributed by atoms with E-state index in [1.807, 2.05) is 27.7 Å². The number of sulfone groups is 1. The zero-order chi connectivity index (χ0) is 37.4. The predicted octanol–water partition coefficient (Wildman–Crippen LogP) is 3.65. The second kappa shape index (κ2) is 14.6. The second-order valence-electron chi connectivity index (χ2n) is 17.6. The number of nitrogens with zero attached hydrogens (tertiary/aromatic N) is 1. The van der Waals surface area contributed by atoms with Crippen LogP contribution in [0.1, 0.15) is 113 Å². The minimum atomic E-state index is -3.57. The van der Waals surface area contributed by atoms with Crippen molar-refractivity contribution in [2.45, 2.75) is 142 Å². The minimum absolute atomic E-state index is 0.0581. The molecule has 3 saturated carbocycles. The van der Waals surface area contributed by atoms with Crippen LogP contribution in [0.2, 0.25) is 0 Å². The fraction of sp³-hybridized carbons (Fsp3) is 0.811. The van der Waals surface area contributed by atoms with Gasteiger partial charge in [-0.05, 0) is 68.1 Å². The summed E-state index contributed by atoms with van der Waals surface area (Å²) in [6, 6.07) is -3.54. The highest BCUT2D eigenvalue weighted by Crippen LogP contribution is 2.65. The van der Waals surface area contributed by atoms with Crippen LogP contribution < -0.4 is 21.3 Å². The first-order chi connectivity index (χ1) is 23.1. The van der Waals surface area contributed by atoms with E-state index in [0.29, 0.717) is 32.2 Å². The van der Waals surface area contributed by atoms with E-state index >= 15 is 0 Å². The van der Waals surface area contributed by atoms with Crippen LogP contribution in [0.3, 0.4) is 0 Å². The fourth-order valence-corrected chi connectivity index (χ4v) is 9.85. The average molecular weight is 720 g/mol. The number of carbonyl (C=O) groups is 5. The summed E-state index contributed by atoms with van der Waals surface area (Å²) in [5.74, 6) is -2.43. The number of amides is 5. The summed E-state index contributed by atoms with van der Waals surface area (Å²) in [6.07, 6.45) is 7.67. The van der Waals surface area contributed by atoms with Crippen molar-refractivity contribution < 1.29 is 32.4 Å². The van der Waals surface area contributed by atoms with Gasteiger partial charge in [-0.25, -0.2) is 13.2 Å². The molecule has 0 bridgehead atoms. The Morgan fingerprint density at radius 3 is 2.14 bits per heavy atom. The first kappa shape index (κ1) is 39.8. The van der Waals surface area contributed by atoms with E-state index in [9.17, 15) is 32.4 Å². The normalized spacial score (nSPS) is 25.4. The SMILES string of the molecule is C=CCNC(=O)C(=O)C(CC1CC1)NC(=O)[C@@H]1[C@@H]2C(CN1C(=O)[C@@H](NC(=O)NC1(CS(=O)(=O)C(C)(C)CC)CCCCC1)C(C)(C)C)C2(C)C. The molecule has 4 aliphatic rings. The van der Waals surface area contributed by atoms with Crippen LogP contribution in [0.5, 0.6) is 0 Å². The molecule has 0 aromatic carbocycles. The summed E-state index contributed by atoms with van der Waals surface area (Å²) < 4.78 is 26.1. The van der Waals surface area contributed by atoms with Crippen molar-refractivity contribution in [1.82, 2.24) is 26.2 Å². The van der Waals surface area contributed by atoms with Gasteiger partial charge >= 0.3 is 6.03 Å². The topological polar surface area (TPSA) is 171 Å². The summed E-state index contributed by atoms with van der Waals surface area (Å²) in [4.78, 5) is 69.7. The molecule has 50 heavy (non-hydrogen) atoms. The Labute approximate surface area is 299 Å². The van der Waals surface area contributed by atoms with Crippen LogP contribution in [0, 0.1) is 28.6 Å². The number of Topliss-reactive ketones (excluding diaryl/α,β-unsaturated/α-hetero) is 1. The third kappa shape index (κ3) is 8.56. The monoisotopic (exact) mass is 719 g/mol. The van der Waals surface area contributed by atoms with E-state index < -0.39 is 73.2 Å². The highest BCUT2D eigenvalue weighted by Gasteiger charge is 2.70. The van der Waals surface area contributed by atoms with E-state index in [1.54, 1.807) is 13.8 Å².